The maximum atomic E-state index is 12.7. The van der Waals surface area contributed by atoms with Crippen LogP contribution < -0.4 is 10.1 Å². The summed E-state index contributed by atoms with van der Waals surface area (Å²) in [6.07, 6.45) is 3.10. The minimum Gasteiger partial charge on any atom is -0.497 e. The van der Waals surface area contributed by atoms with Crippen LogP contribution in [0, 0.1) is 0 Å². The molecule has 1 aromatic carbocycles. The van der Waals surface area contributed by atoms with Crippen LogP contribution in [0.15, 0.2) is 41.9 Å². The fraction of sp³-hybridized carbons (Fsp3) is 0.389. The van der Waals surface area contributed by atoms with E-state index in [2.05, 4.69) is 22.3 Å². The molecule has 7 heteroatoms. The van der Waals surface area contributed by atoms with Crippen molar-refractivity contribution in [1.29, 1.82) is 0 Å². The van der Waals surface area contributed by atoms with Gasteiger partial charge in [0, 0.05) is 5.70 Å². The second kappa shape index (κ2) is 7.38. The topological polar surface area (TPSA) is 78.3 Å². The second-order valence-corrected chi connectivity index (χ2v) is 5.70. The molecule has 25 heavy (non-hydrogen) atoms. The molecule has 0 saturated carbocycles. The number of ether oxygens (including phenoxy) is 2. The van der Waals surface area contributed by atoms with E-state index in [0.29, 0.717) is 18.1 Å². The monoisotopic (exact) mass is 342 g/mol. The van der Waals surface area contributed by atoms with E-state index in [-0.39, 0.29) is 5.97 Å². The number of fused-ring (bicyclic) bond motifs is 1. The fourth-order valence-corrected chi connectivity index (χ4v) is 3.03. The number of allylic oxidation sites excluding steroid dienone is 1. The quantitative estimate of drug-likeness (QED) is 0.813. The van der Waals surface area contributed by atoms with E-state index in [9.17, 15) is 4.79 Å². The van der Waals surface area contributed by atoms with Crippen molar-refractivity contribution >= 4 is 11.9 Å². The third kappa shape index (κ3) is 3.22. The number of carbonyl (C=O) groups excluding carboxylic acids is 1. The predicted molar refractivity (Wildman–Crippen MR) is 93.3 cm³/mol. The number of carbonyl (C=O) groups is 1. The van der Waals surface area contributed by atoms with Crippen LogP contribution in [0.1, 0.15) is 38.3 Å². The van der Waals surface area contributed by atoms with Crippen LogP contribution in [0.25, 0.3) is 0 Å². The van der Waals surface area contributed by atoms with E-state index in [4.69, 9.17) is 9.47 Å². The van der Waals surface area contributed by atoms with Crippen molar-refractivity contribution in [3.05, 3.63) is 47.4 Å². The minimum atomic E-state index is -0.408. The number of hydrogen-bond acceptors (Lipinski definition) is 6. The van der Waals surface area contributed by atoms with Crippen LogP contribution in [0.2, 0.25) is 0 Å². The van der Waals surface area contributed by atoms with Crippen LogP contribution in [0.3, 0.4) is 0 Å². The Hall–Kier alpha value is -2.83. The first kappa shape index (κ1) is 17.0. The van der Waals surface area contributed by atoms with Gasteiger partial charge >= 0.3 is 5.97 Å². The van der Waals surface area contributed by atoms with E-state index < -0.39 is 6.04 Å². The van der Waals surface area contributed by atoms with E-state index in [1.165, 1.54) is 6.33 Å². The Labute approximate surface area is 146 Å². The highest BCUT2D eigenvalue weighted by atomic mass is 16.5. The summed E-state index contributed by atoms with van der Waals surface area (Å²) in [7, 11) is 1.62. The number of benzene rings is 1. The normalized spacial score (nSPS) is 16.2. The van der Waals surface area contributed by atoms with Crippen molar-refractivity contribution in [2.24, 2.45) is 0 Å². The van der Waals surface area contributed by atoms with Crippen LogP contribution in [0.4, 0.5) is 5.95 Å². The minimum absolute atomic E-state index is 0.316. The molecule has 0 bridgehead atoms. The molecular weight excluding hydrogens is 320 g/mol. The van der Waals surface area contributed by atoms with Gasteiger partial charge in [0.15, 0.2) is 0 Å². The fourth-order valence-electron chi connectivity index (χ4n) is 3.03. The van der Waals surface area contributed by atoms with Gasteiger partial charge in [-0.05, 0) is 31.0 Å². The zero-order valence-corrected chi connectivity index (χ0v) is 14.7. The zero-order chi connectivity index (χ0) is 17.8. The molecule has 0 unspecified atom stereocenters. The Morgan fingerprint density at radius 3 is 2.92 bits per heavy atom. The molecular formula is C18H22N4O3. The van der Waals surface area contributed by atoms with Gasteiger partial charge in [-0.3, -0.25) is 0 Å². The standard InChI is InChI=1S/C18H22N4O3/c1-4-7-14-15(17(23)25-5-2)16(22-18(21-14)19-11-20-22)12-8-6-9-13(10-12)24-3/h6,8-11,16H,4-5,7H2,1-3H3,(H,19,20,21)/t16-/m1/s1. The molecule has 0 saturated heterocycles. The Morgan fingerprint density at radius 1 is 1.36 bits per heavy atom. The lowest BCUT2D eigenvalue weighted by atomic mass is 9.94. The van der Waals surface area contributed by atoms with Gasteiger partial charge in [-0.25, -0.2) is 9.48 Å². The molecule has 1 aromatic heterocycles. The summed E-state index contributed by atoms with van der Waals surface area (Å²) in [4.78, 5) is 17.0. The van der Waals surface area contributed by atoms with Gasteiger partial charge in [0.1, 0.15) is 18.1 Å². The molecule has 0 amide bonds. The molecule has 3 rings (SSSR count). The summed E-state index contributed by atoms with van der Waals surface area (Å²) in [5.41, 5.74) is 2.29. The van der Waals surface area contributed by atoms with Crippen molar-refractivity contribution in [2.45, 2.75) is 32.7 Å². The highest BCUT2D eigenvalue weighted by Gasteiger charge is 2.35. The van der Waals surface area contributed by atoms with Crippen molar-refractivity contribution in [1.82, 2.24) is 14.8 Å². The summed E-state index contributed by atoms with van der Waals surface area (Å²) in [5.74, 6) is 0.995. The van der Waals surface area contributed by atoms with Crippen molar-refractivity contribution in [3.8, 4) is 5.75 Å². The molecule has 1 N–H and O–H groups in total. The number of rotatable bonds is 6. The zero-order valence-electron chi connectivity index (χ0n) is 14.7. The van der Waals surface area contributed by atoms with E-state index >= 15 is 0 Å². The first-order valence-electron chi connectivity index (χ1n) is 8.40. The Bertz CT molecular complexity index is 797. The number of esters is 1. The van der Waals surface area contributed by atoms with Crippen LogP contribution >= 0.6 is 0 Å². The van der Waals surface area contributed by atoms with Crippen LogP contribution in [0.5, 0.6) is 5.75 Å². The third-order valence-electron chi connectivity index (χ3n) is 4.08. The highest BCUT2D eigenvalue weighted by molar-refractivity contribution is 5.92. The van der Waals surface area contributed by atoms with E-state index in [1.807, 2.05) is 24.3 Å². The van der Waals surface area contributed by atoms with Crippen molar-refractivity contribution < 1.29 is 14.3 Å². The largest absolute Gasteiger partial charge is 0.497 e. The maximum Gasteiger partial charge on any atom is 0.338 e. The highest BCUT2D eigenvalue weighted by Crippen LogP contribution is 2.37. The van der Waals surface area contributed by atoms with Crippen LogP contribution in [-0.2, 0) is 9.53 Å². The molecule has 1 atom stereocenters. The number of hydrogen-bond donors (Lipinski definition) is 1. The lowest BCUT2D eigenvalue weighted by Crippen LogP contribution is -2.30. The molecule has 1 aliphatic rings. The molecule has 7 nitrogen and oxygen atoms in total. The Morgan fingerprint density at radius 2 is 2.20 bits per heavy atom. The number of nitrogens with zero attached hydrogens (tertiary/aromatic N) is 3. The van der Waals surface area contributed by atoms with Gasteiger partial charge in [0.2, 0.25) is 5.95 Å². The summed E-state index contributed by atoms with van der Waals surface area (Å²) < 4.78 is 12.4. The smallest absolute Gasteiger partial charge is 0.338 e. The first-order chi connectivity index (χ1) is 12.2. The summed E-state index contributed by atoms with van der Waals surface area (Å²) >= 11 is 0. The predicted octanol–water partition coefficient (Wildman–Crippen LogP) is 2.92. The second-order valence-electron chi connectivity index (χ2n) is 5.70. The average Bonchev–Trinajstić information content (AvgIpc) is 3.09. The van der Waals surface area contributed by atoms with Gasteiger partial charge in [-0.15, -0.1) is 0 Å². The Balaban J connectivity index is 2.17. The molecule has 0 aliphatic carbocycles. The molecule has 132 valence electrons. The van der Waals surface area contributed by atoms with Crippen molar-refractivity contribution in [2.75, 3.05) is 19.0 Å². The third-order valence-corrected chi connectivity index (χ3v) is 4.08. The lowest BCUT2D eigenvalue weighted by Gasteiger charge is -2.29. The number of anilines is 1. The number of nitrogens with one attached hydrogen (secondary N) is 1. The number of aromatic nitrogens is 3. The summed E-state index contributed by atoms with van der Waals surface area (Å²) in [5, 5.41) is 7.55. The lowest BCUT2D eigenvalue weighted by molar-refractivity contribution is -0.139. The van der Waals surface area contributed by atoms with E-state index in [0.717, 1.165) is 29.9 Å². The molecule has 0 radical (unpaired) electrons. The first-order valence-corrected chi connectivity index (χ1v) is 8.40. The molecule has 1 aliphatic heterocycles. The molecule has 2 aromatic rings. The summed E-state index contributed by atoms with van der Waals surface area (Å²) in [6, 6.07) is 7.22. The molecule has 0 spiro atoms. The number of methoxy groups -OCH3 is 1. The van der Waals surface area contributed by atoms with Gasteiger partial charge in [-0.2, -0.15) is 10.1 Å². The van der Waals surface area contributed by atoms with Crippen LogP contribution in [-0.4, -0.2) is 34.5 Å². The van der Waals surface area contributed by atoms with Crippen molar-refractivity contribution in [3.63, 3.8) is 0 Å². The maximum absolute atomic E-state index is 12.7. The molecule has 2 heterocycles. The molecule has 0 fully saturated rings. The summed E-state index contributed by atoms with van der Waals surface area (Å²) in [6.45, 7) is 4.18. The van der Waals surface area contributed by atoms with Gasteiger partial charge in [0.25, 0.3) is 0 Å². The Kier molecular flexibility index (Phi) is 5.02. The van der Waals surface area contributed by atoms with Gasteiger partial charge < -0.3 is 14.8 Å². The van der Waals surface area contributed by atoms with E-state index in [1.54, 1.807) is 18.7 Å². The SMILES string of the molecule is CCCC1=C(C(=O)OCC)[C@@H](c2cccc(OC)c2)n2ncnc2N1. The average molecular weight is 342 g/mol. The van der Waals surface area contributed by atoms with Gasteiger partial charge in [-0.1, -0.05) is 25.5 Å². The van der Waals surface area contributed by atoms with Gasteiger partial charge in [0.05, 0.1) is 19.3 Å².